The fourth-order valence-electron chi connectivity index (χ4n) is 3.29. The second-order valence-electron chi connectivity index (χ2n) is 7.10. The number of pyridine rings is 1. The summed E-state index contributed by atoms with van der Waals surface area (Å²) in [5.74, 6) is -0.694. The first kappa shape index (κ1) is 19.8. The van der Waals surface area contributed by atoms with Crippen LogP contribution in [0.1, 0.15) is 5.56 Å². The molecule has 5 rings (SSSR count). The van der Waals surface area contributed by atoms with Crippen LogP contribution < -0.4 is 4.72 Å². The third-order valence-corrected chi connectivity index (χ3v) is 6.34. The number of benzene rings is 2. The predicted molar refractivity (Wildman–Crippen MR) is 116 cm³/mol. The summed E-state index contributed by atoms with van der Waals surface area (Å²) in [4.78, 5) is 4.45. The van der Waals surface area contributed by atoms with Gasteiger partial charge in [0.1, 0.15) is 11.5 Å². The number of nitrogens with zero attached hydrogens (tertiary/aromatic N) is 5. The summed E-state index contributed by atoms with van der Waals surface area (Å²) >= 11 is 0. The lowest BCUT2D eigenvalue weighted by atomic mass is 10.1. The van der Waals surface area contributed by atoms with E-state index in [-0.39, 0.29) is 16.3 Å². The molecule has 2 N–H and O–H groups in total. The lowest BCUT2D eigenvalue weighted by molar-refractivity contribution is 0.600. The Balaban J connectivity index is 1.51. The molecule has 0 saturated carbocycles. The van der Waals surface area contributed by atoms with Gasteiger partial charge in [-0.05, 0) is 54.1 Å². The SMILES string of the molecule is Cc1ccc(-c2cn3ccccc3n2)cc1NS(=O)(=O)c1ccc(F)c(-c2nn[nH]n2)c1. The van der Waals surface area contributed by atoms with Gasteiger partial charge in [0.15, 0.2) is 0 Å². The van der Waals surface area contributed by atoms with E-state index in [0.717, 1.165) is 22.8 Å². The number of sulfonamides is 1. The average Bonchev–Trinajstić information content (AvgIpc) is 3.45. The molecule has 160 valence electrons. The van der Waals surface area contributed by atoms with Crippen LogP contribution in [0.3, 0.4) is 0 Å². The van der Waals surface area contributed by atoms with Crippen LogP contribution in [0.15, 0.2) is 71.9 Å². The molecule has 0 saturated heterocycles. The molecule has 0 fully saturated rings. The van der Waals surface area contributed by atoms with Crippen molar-refractivity contribution in [1.29, 1.82) is 0 Å². The number of hydrogen-bond acceptors (Lipinski definition) is 6. The lowest BCUT2D eigenvalue weighted by Gasteiger charge is -2.12. The molecule has 0 aliphatic carbocycles. The molecule has 0 amide bonds. The number of tetrazole rings is 1. The zero-order valence-corrected chi connectivity index (χ0v) is 17.5. The number of rotatable bonds is 5. The maximum absolute atomic E-state index is 14.2. The van der Waals surface area contributed by atoms with E-state index in [9.17, 15) is 12.8 Å². The van der Waals surface area contributed by atoms with E-state index in [1.165, 1.54) is 12.1 Å². The number of aromatic amines is 1. The molecule has 0 aliphatic heterocycles. The van der Waals surface area contributed by atoms with Crippen LogP contribution in [0.25, 0.3) is 28.3 Å². The van der Waals surface area contributed by atoms with Crippen molar-refractivity contribution in [2.45, 2.75) is 11.8 Å². The molecule has 9 nitrogen and oxygen atoms in total. The number of fused-ring (bicyclic) bond motifs is 1. The number of halogens is 1. The molecule has 3 heterocycles. The van der Waals surface area contributed by atoms with Gasteiger partial charge < -0.3 is 4.40 Å². The Bertz CT molecular complexity index is 1510. The normalized spacial score (nSPS) is 11.7. The van der Waals surface area contributed by atoms with Gasteiger partial charge in [-0.3, -0.25) is 4.72 Å². The third-order valence-electron chi connectivity index (χ3n) is 4.98. The minimum Gasteiger partial charge on any atom is -0.306 e. The molecular formula is C21H16FN7O2S. The molecule has 0 bridgehead atoms. The lowest BCUT2D eigenvalue weighted by Crippen LogP contribution is -2.14. The van der Waals surface area contributed by atoms with Crippen molar-refractivity contribution < 1.29 is 12.8 Å². The molecule has 3 aromatic heterocycles. The van der Waals surface area contributed by atoms with Crippen LogP contribution >= 0.6 is 0 Å². The van der Waals surface area contributed by atoms with E-state index < -0.39 is 15.8 Å². The second-order valence-corrected chi connectivity index (χ2v) is 8.79. The molecule has 0 spiro atoms. The quantitative estimate of drug-likeness (QED) is 0.424. The van der Waals surface area contributed by atoms with E-state index >= 15 is 0 Å². The molecule has 0 aliphatic rings. The fraction of sp³-hybridized carbons (Fsp3) is 0.0476. The van der Waals surface area contributed by atoms with Crippen molar-refractivity contribution in [3.63, 3.8) is 0 Å². The maximum Gasteiger partial charge on any atom is 0.261 e. The van der Waals surface area contributed by atoms with Crippen molar-refractivity contribution in [3.05, 3.63) is 78.4 Å². The van der Waals surface area contributed by atoms with Crippen molar-refractivity contribution >= 4 is 21.4 Å². The van der Waals surface area contributed by atoms with Gasteiger partial charge in [-0.2, -0.15) is 5.21 Å². The van der Waals surface area contributed by atoms with Gasteiger partial charge in [0.25, 0.3) is 10.0 Å². The first-order chi connectivity index (χ1) is 15.4. The van der Waals surface area contributed by atoms with Gasteiger partial charge in [-0.15, -0.1) is 10.2 Å². The second kappa shape index (κ2) is 7.54. The molecule has 0 unspecified atom stereocenters. The Morgan fingerprint density at radius 2 is 1.97 bits per heavy atom. The summed E-state index contributed by atoms with van der Waals surface area (Å²) in [5, 5.41) is 13.1. The van der Waals surface area contributed by atoms with Crippen molar-refractivity contribution in [2.75, 3.05) is 4.72 Å². The van der Waals surface area contributed by atoms with Crippen molar-refractivity contribution in [1.82, 2.24) is 30.0 Å². The van der Waals surface area contributed by atoms with Crippen molar-refractivity contribution in [2.24, 2.45) is 0 Å². The first-order valence-corrected chi connectivity index (χ1v) is 11.0. The van der Waals surface area contributed by atoms with Crippen LogP contribution in [-0.2, 0) is 10.0 Å². The highest BCUT2D eigenvalue weighted by Crippen LogP contribution is 2.28. The minimum atomic E-state index is -4.02. The number of anilines is 1. The molecule has 0 atom stereocenters. The molecule has 32 heavy (non-hydrogen) atoms. The van der Waals surface area contributed by atoms with Gasteiger partial charge in [-0.25, -0.2) is 17.8 Å². The molecule has 5 aromatic rings. The van der Waals surface area contributed by atoms with Crippen LogP contribution in [0, 0.1) is 12.7 Å². The Hall–Kier alpha value is -4.12. The highest BCUT2D eigenvalue weighted by Gasteiger charge is 2.20. The zero-order valence-electron chi connectivity index (χ0n) is 16.7. The molecule has 2 aromatic carbocycles. The number of nitrogens with one attached hydrogen (secondary N) is 2. The monoisotopic (exact) mass is 449 g/mol. The fourth-order valence-corrected chi connectivity index (χ4v) is 4.43. The van der Waals surface area contributed by atoms with Gasteiger partial charge in [-0.1, -0.05) is 18.2 Å². The summed E-state index contributed by atoms with van der Waals surface area (Å²) < 4.78 is 44.8. The maximum atomic E-state index is 14.2. The molecular weight excluding hydrogens is 433 g/mol. The van der Waals surface area contributed by atoms with Gasteiger partial charge in [0, 0.05) is 18.0 Å². The number of aryl methyl sites for hydroxylation is 1. The Morgan fingerprint density at radius 3 is 2.75 bits per heavy atom. The Kier molecular flexibility index (Phi) is 4.67. The van der Waals surface area contributed by atoms with Crippen LogP contribution in [0.5, 0.6) is 0 Å². The van der Waals surface area contributed by atoms with E-state index in [0.29, 0.717) is 11.4 Å². The third kappa shape index (κ3) is 3.58. The predicted octanol–water partition coefficient (Wildman–Crippen LogP) is 3.43. The standard InChI is InChI=1S/C21H16FN7O2S/c1-13-5-6-14(19-12-29-9-3-2-4-20(29)23-19)10-18(13)26-32(30,31)15-7-8-17(22)16(11-15)21-24-27-28-25-21/h2-12,26H,1H3,(H,24,25,27,28). The summed E-state index contributed by atoms with van der Waals surface area (Å²) in [5.41, 5.74) is 3.29. The van der Waals surface area contributed by atoms with E-state index in [4.69, 9.17) is 0 Å². The minimum absolute atomic E-state index is 0.0374. The van der Waals surface area contributed by atoms with Crippen LogP contribution in [0.4, 0.5) is 10.1 Å². The van der Waals surface area contributed by atoms with Crippen LogP contribution in [0.2, 0.25) is 0 Å². The van der Waals surface area contributed by atoms with Gasteiger partial charge >= 0.3 is 0 Å². The van der Waals surface area contributed by atoms with Crippen LogP contribution in [-0.4, -0.2) is 38.4 Å². The van der Waals surface area contributed by atoms with Gasteiger partial charge in [0.2, 0.25) is 5.82 Å². The summed E-state index contributed by atoms with van der Waals surface area (Å²) in [6, 6.07) is 14.5. The number of hydrogen-bond donors (Lipinski definition) is 2. The van der Waals surface area contributed by atoms with Gasteiger partial charge in [0.05, 0.1) is 21.8 Å². The van der Waals surface area contributed by atoms with E-state index in [1.54, 1.807) is 13.0 Å². The number of aromatic nitrogens is 6. The largest absolute Gasteiger partial charge is 0.306 e. The molecule has 11 heteroatoms. The van der Waals surface area contributed by atoms with E-state index in [1.807, 2.05) is 47.1 Å². The summed E-state index contributed by atoms with van der Waals surface area (Å²) in [6.45, 7) is 1.79. The summed E-state index contributed by atoms with van der Waals surface area (Å²) in [7, 11) is -4.02. The smallest absolute Gasteiger partial charge is 0.261 e. The van der Waals surface area contributed by atoms with Crippen molar-refractivity contribution in [3.8, 4) is 22.6 Å². The summed E-state index contributed by atoms with van der Waals surface area (Å²) in [6.07, 6.45) is 3.76. The van der Waals surface area contributed by atoms with E-state index in [2.05, 4.69) is 30.3 Å². The Morgan fingerprint density at radius 1 is 1.09 bits per heavy atom. The number of H-pyrrole nitrogens is 1. The number of imidazole rings is 1. The highest BCUT2D eigenvalue weighted by atomic mass is 32.2. The average molecular weight is 449 g/mol. The highest BCUT2D eigenvalue weighted by molar-refractivity contribution is 7.92. The Labute approximate surface area is 182 Å². The first-order valence-electron chi connectivity index (χ1n) is 9.52. The molecule has 0 radical (unpaired) electrons. The zero-order chi connectivity index (χ0) is 22.3. The topological polar surface area (TPSA) is 118 Å².